The van der Waals surface area contributed by atoms with Crippen molar-refractivity contribution in [2.24, 2.45) is 0 Å². The van der Waals surface area contributed by atoms with Gasteiger partial charge in [-0.1, -0.05) is 35.9 Å². The lowest BCUT2D eigenvalue weighted by Crippen LogP contribution is -2.18. The maximum atomic E-state index is 5.25. The standard InChI is InChI=1S/C16H20N2O/c1-12-6-8-14(9-7-12)13(2)18-11-15-5-4-10-17-16(15)19-3/h4-10,13,18H,11H2,1-3H3/t13-/m1/s1. The first-order valence-electron chi connectivity index (χ1n) is 6.48. The third kappa shape index (κ3) is 3.55. The Hall–Kier alpha value is -1.87. The Morgan fingerprint density at radius 1 is 1.21 bits per heavy atom. The van der Waals surface area contributed by atoms with E-state index in [1.807, 2.05) is 12.1 Å². The van der Waals surface area contributed by atoms with Gasteiger partial charge in [0.25, 0.3) is 0 Å². The summed E-state index contributed by atoms with van der Waals surface area (Å²) in [6, 6.07) is 12.8. The van der Waals surface area contributed by atoms with E-state index >= 15 is 0 Å². The predicted octanol–water partition coefficient (Wildman–Crippen LogP) is 3.25. The largest absolute Gasteiger partial charge is 0.481 e. The molecule has 2 aromatic rings. The van der Waals surface area contributed by atoms with Gasteiger partial charge in [0.05, 0.1) is 7.11 Å². The summed E-state index contributed by atoms with van der Waals surface area (Å²) in [5, 5.41) is 3.49. The van der Waals surface area contributed by atoms with Crippen molar-refractivity contribution in [2.45, 2.75) is 26.4 Å². The number of ether oxygens (including phenoxy) is 1. The van der Waals surface area contributed by atoms with E-state index in [4.69, 9.17) is 4.74 Å². The van der Waals surface area contributed by atoms with Crippen LogP contribution in [0.2, 0.25) is 0 Å². The van der Waals surface area contributed by atoms with Crippen molar-refractivity contribution in [1.82, 2.24) is 10.3 Å². The average Bonchev–Trinajstić information content (AvgIpc) is 2.45. The van der Waals surface area contributed by atoms with Crippen LogP contribution in [0.1, 0.15) is 29.7 Å². The van der Waals surface area contributed by atoms with Gasteiger partial charge >= 0.3 is 0 Å². The van der Waals surface area contributed by atoms with Crippen molar-refractivity contribution in [3.8, 4) is 5.88 Å². The number of hydrogen-bond acceptors (Lipinski definition) is 3. The first kappa shape index (κ1) is 13.6. The molecule has 3 nitrogen and oxygen atoms in total. The number of rotatable bonds is 5. The summed E-state index contributed by atoms with van der Waals surface area (Å²) in [6.45, 7) is 5.00. The minimum atomic E-state index is 0.297. The fourth-order valence-corrected chi connectivity index (χ4v) is 1.98. The molecule has 0 aliphatic carbocycles. The van der Waals surface area contributed by atoms with E-state index in [1.54, 1.807) is 13.3 Å². The fraction of sp³-hybridized carbons (Fsp3) is 0.312. The number of nitrogens with zero attached hydrogens (tertiary/aromatic N) is 1. The van der Waals surface area contributed by atoms with Crippen LogP contribution in [0.5, 0.6) is 5.88 Å². The Bertz CT molecular complexity index is 523. The van der Waals surface area contributed by atoms with Crippen LogP contribution >= 0.6 is 0 Å². The summed E-state index contributed by atoms with van der Waals surface area (Å²) in [5.74, 6) is 0.686. The van der Waals surface area contributed by atoms with E-state index < -0.39 is 0 Å². The molecule has 0 radical (unpaired) electrons. The number of pyridine rings is 1. The highest BCUT2D eigenvalue weighted by Gasteiger charge is 2.07. The van der Waals surface area contributed by atoms with Gasteiger partial charge in [0, 0.05) is 24.3 Å². The predicted molar refractivity (Wildman–Crippen MR) is 77.2 cm³/mol. The highest BCUT2D eigenvalue weighted by Crippen LogP contribution is 2.17. The van der Waals surface area contributed by atoms with Gasteiger partial charge in [-0.15, -0.1) is 0 Å². The lowest BCUT2D eigenvalue weighted by atomic mass is 10.1. The molecule has 2 rings (SSSR count). The Labute approximate surface area is 114 Å². The zero-order valence-corrected chi connectivity index (χ0v) is 11.7. The molecule has 0 unspecified atom stereocenters. The molecule has 0 spiro atoms. The van der Waals surface area contributed by atoms with Crippen molar-refractivity contribution in [3.63, 3.8) is 0 Å². The van der Waals surface area contributed by atoms with E-state index in [2.05, 4.69) is 48.4 Å². The fourth-order valence-electron chi connectivity index (χ4n) is 1.98. The summed E-state index contributed by atoms with van der Waals surface area (Å²) < 4.78 is 5.25. The lowest BCUT2D eigenvalue weighted by molar-refractivity contribution is 0.389. The first-order chi connectivity index (χ1) is 9.20. The summed E-state index contributed by atoms with van der Waals surface area (Å²) in [7, 11) is 1.65. The van der Waals surface area contributed by atoms with Crippen LogP contribution in [0.15, 0.2) is 42.6 Å². The number of methoxy groups -OCH3 is 1. The maximum absolute atomic E-state index is 5.25. The zero-order valence-electron chi connectivity index (χ0n) is 11.7. The lowest BCUT2D eigenvalue weighted by Gasteiger charge is -2.15. The van der Waals surface area contributed by atoms with Crippen molar-refractivity contribution < 1.29 is 4.74 Å². The summed E-state index contributed by atoms with van der Waals surface area (Å²) in [4.78, 5) is 4.20. The van der Waals surface area contributed by atoms with E-state index in [0.717, 1.165) is 12.1 Å². The van der Waals surface area contributed by atoms with Gasteiger partial charge in [-0.25, -0.2) is 4.98 Å². The second kappa shape index (κ2) is 6.34. The molecule has 3 heteroatoms. The Morgan fingerprint density at radius 2 is 1.95 bits per heavy atom. The second-order valence-corrected chi connectivity index (χ2v) is 4.69. The zero-order chi connectivity index (χ0) is 13.7. The molecule has 1 aromatic heterocycles. The topological polar surface area (TPSA) is 34.1 Å². The van der Waals surface area contributed by atoms with Gasteiger partial charge in [-0.05, 0) is 25.5 Å². The average molecular weight is 256 g/mol. The van der Waals surface area contributed by atoms with Crippen LogP contribution in [0.25, 0.3) is 0 Å². The molecule has 100 valence electrons. The smallest absolute Gasteiger partial charge is 0.217 e. The van der Waals surface area contributed by atoms with Crippen LogP contribution in [0.3, 0.4) is 0 Å². The normalized spacial score (nSPS) is 12.2. The molecule has 1 atom stereocenters. The van der Waals surface area contributed by atoms with Gasteiger partial charge in [-0.2, -0.15) is 0 Å². The third-order valence-corrected chi connectivity index (χ3v) is 3.22. The van der Waals surface area contributed by atoms with Crippen molar-refractivity contribution >= 4 is 0 Å². The van der Waals surface area contributed by atoms with Crippen LogP contribution in [-0.4, -0.2) is 12.1 Å². The van der Waals surface area contributed by atoms with Crippen LogP contribution in [0.4, 0.5) is 0 Å². The van der Waals surface area contributed by atoms with Crippen LogP contribution in [-0.2, 0) is 6.54 Å². The molecule has 0 amide bonds. The highest BCUT2D eigenvalue weighted by molar-refractivity contribution is 5.26. The van der Waals surface area contributed by atoms with Gasteiger partial charge in [-0.3, -0.25) is 0 Å². The molecular weight excluding hydrogens is 236 g/mol. The molecule has 0 aliphatic rings. The molecule has 0 bridgehead atoms. The van der Waals surface area contributed by atoms with E-state index in [9.17, 15) is 0 Å². The molecule has 0 aliphatic heterocycles. The van der Waals surface area contributed by atoms with Crippen LogP contribution in [0, 0.1) is 6.92 Å². The number of hydrogen-bond donors (Lipinski definition) is 1. The highest BCUT2D eigenvalue weighted by atomic mass is 16.5. The van der Waals surface area contributed by atoms with E-state index in [0.29, 0.717) is 11.9 Å². The Morgan fingerprint density at radius 3 is 2.63 bits per heavy atom. The van der Waals surface area contributed by atoms with E-state index in [-0.39, 0.29) is 0 Å². The number of nitrogens with one attached hydrogen (secondary N) is 1. The molecule has 0 fully saturated rings. The number of aromatic nitrogens is 1. The van der Waals surface area contributed by atoms with Gasteiger partial charge in [0.1, 0.15) is 0 Å². The SMILES string of the molecule is COc1ncccc1CN[C@H](C)c1ccc(C)cc1. The molecular formula is C16H20N2O. The van der Waals surface area contributed by atoms with Crippen LogP contribution < -0.4 is 10.1 Å². The Balaban J connectivity index is 2.00. The minimum absolute atomic E-state index is 0.297. The van der Waals surface area contributed by atoms with Crippen molar-refractivity contribution in [2.75, 3.05) is 7.11 Å². The summed E-state index contributed by atoms with van der Waals surface area (Å²) >= 11 is 0. The van der Waals surface area contributed by atoms with E-state index in [1.165, 1.54) is 11.1 Å². The molecule has 1 N–H and O–H groups in total. The quantitative estimate of drug-likeness (QED) is 0.891. The Kier molecular flexibility index (Phi) is 4.53. The maximum Gasteiger partial charge on any atom is 0.217 e. The van der Waals surface area contributed by atoms with Crippen molar-refractivity contribution in [3.05, 3.63) is 59.3 Å². The van der Waals surface area contributed by atoms with Gasteiger partial charge in [0.15, 0.2) is 0 Å². The number of benzene rings is 1. The third-order valence-electron chi connectivity index (χ3n) is 3.22. The second-order valence-electron chi connectivity index (χ2n) is 4.69. The summed E-state index contributed by atoms with van der Waals surface area (Å²) in [5.41, 5.74) is 3.64. The first-order valence-corrected chi connectivity index (χ1v) is 6.48. The molecule has 0 saturated heterocycles. The molecule has 1 heterocycles. The molecule has 0 saturated carbocycles. The minimum Gasteiger partial charge on any atom is -0.481 e. The van der Waals surface area contributed by atoms with Gasteiger partial charge in [0.2, 0.25) is 5.88 Å². The summed E-state index contributed by atoms with van der Waals surface area (Å²) in [6.07, 6.45) is 1.74. The molecule has 1 aromatic carbocycles. The van der Waals surface area contributed by atoms with Crippen molar-refractivity contribution in [1.29, 1.82) is 0 Å². The monoisotopic (exact) mass is 256 g/mol. The number of aryl methyl sites for hydroxylation is 1. The van der Waals surface area contributed by atoms with Gasteiger partial charge < -0.3 is 10.1 Å². The molecule has 19 heavy (non-hydrogen) atoms.